The third-order valence-corrected chi connectivity index (χ3v) is 11.5. The zero-order chi connectivity index (χ0) is 38.7. The van der Waals surface area contributed by atoms with Gasteiger partial charge in [0.1, 0.15) is 55.1 Å². The maximum Gasteiger partial charge on any atom is 0.339 e. The normalized spacial score (nSPS) is 25.8. The van der Waals surface area contributed by atoms with Crippen molar-refractivity contribution in [1.82, 2.24) is 0 Å². The molecule has 0 heterocycles. The van der Waals surface area contributed by atoms with Gasteiger partial charge in [0.25, 0.3) is 0 Å². The Balaban J connectivity index is 4.00. The number of ether oxygens (including phenoxy) is 3. The zero-order valence-electron chi connectivity index (χ0n) is 29.6. The predicted molar refractivity (Wildman–Crippen MR) is 183 cm³/mol. The molecule has 0 aromatic rings. The fraction of sp³-hybridized carbons (Fsp3) is 0.900. The van der Waals surface area contributed by atoms with Crippen LogP contribution in [0.4, 0.5) is 0 Å². The van der Waals surface area contributed by atoms with Gasteiger partial charge in [0.15, 0.2) is 0 Å². The maximum atomic E-state index is 13.2. The summed E-state index contributed by atoms with van der Waals surface area (Å²) in [4.78, 5) is 66.5. The molecule has 18 nitrogen and oxygen atoms in total. The fourth-order valence-corrected chi connectivity index (χ4v) is 8.60. The van der Waals surface area contributed by atoms with Gasteiger partial charge in [-0.1, -0.05) is 78.6 Å². The van der Waals surface area contributed by atoms with Crippen LogP contribution < -0.4 is 0 Å². The van der Waals surface area contributed by atoms with E-state index in [1.54, 1.807) is 0 Å². The number of carboxylic acids is 3. The van der Waals surface area contributed by atoms with Gasteiger partial charge in [0.2, 0.25) is 0 Å². The largest absolute Gasteiger partial charge is 0.481 e. The summed E-state index contributed by atoms with van der Waals surface area (Å²) < 4.78 is 74.4. The molecule has 1 aliphatic carbocycles. The van der Waals surface area contributed by atoms with Crippen molar-refractivity contribution in [3.63, 3.8) is 0 Å². The fourth-order valence-electron chi connectivity index (χ4n) is 5.49. The second kappa shape index (κ2) is 24.2. The van der Waals surface area contributed by atoms with Crippen LogP contribution in [0.5, 0.6) is 0 Å². The van der Waals surface area contributed by atoms with Crippen molar-refractivity contribution in [3.8, 4) is 0 Å². The summed E-state index contributed by atoms with van der Waals surface area (Å²) in [6.45, 7) is 5.94. The first-order valence-electron chi connectivity index (χ1n) is 17.4. The average Bonchev–Trinajstić information content (AvgIpc) is 2.98. The molecule has 0 aliphatic heterocycles. The van der Waals surface area contributed by atoms with E-state index < -0.39 is 95.8 Å². The second-order valence-corrected chi connectivity index (χ2v) is 17.9. The highest BCUT2D eigenvalue weighted by Gasteiger charge is 2.59. The van der Waals surface area contributed by atoms with Crippen molar-refractivity contribution >= 4 is 40.7 Å². The molecule has 21 heteroatoms. The Bertz CT molecular complexity index is 1140. The Morgan fingerprint density at radius 1 is 0.431 bits per heavy atom. The maximum absolute atomic E-state index is 13.2. The minimum Gasteiger partial charge on any atom is -0.481 e. The highest BCUT2D eigenvalue weighted by atomic mass is 31.2. The van der Waals surface area contributed by atoms with E-state index in [-0.39, 0.29) is 19.8 Å². The van der Waals surface area contributed by atoms with Gasteiger partial charge in [-0.15, -0.1) is 0 Å². The summed E-state index contributed by atoms with van der Waals surface area (Å²) in [7, 11) is -15.6. The lowest BCUT2D eigenvalue weighted by Crippen LogP contribution is -2.67. The van der Waals surface area contributed by atoms with E-state index in [4.69, 9.17) is 27.8 Å². The van der Waals surface area contributed by atoms with Crippen molar-refractivity contribution in [3.05, 3.63) is 0 Å². The molecular weight excluding hydrogens is 741 g/mol. The average molecular weight is 799 g/mol. The SMILES string of the molecule is CCCCCCOC1C(OCCCCCC)C(OP(=O)(O)CC(=O)O)C(OP(=O)(O)CC(=O)O)C(OP(=O)(O)CC(=O)O)C1OCCCCCC. The standard InChI is InChI=1S/C30H57O18P3/c1-4-7-10-13-16-43-25-26(44-17-14-11-8-5-2)28(46-49(37,38)19-22(31)32)30(48-51(41,42)21-24(35)36)29(47-50(39,40)20-23(33)34)27(25)45-18-15-12-9-6-3/h25-30H,4-21H2,1-3H3,(H,31,32)(H,33,34)(H,35,36)(H,37,38)(H,39,40)(H,41,42). The Morgan fingerprint density at radius 2 is 0.667 bits per heavy atom. The van der Waals surface area contributed by atoms with Gasteiger partial charge in [-0.2, -0.15) is 0 Å². The van der Waals surface area contributed by atoms with E-state index in [9.17, 15) is 58.1 Å². The van der Waals surface area contributed by atoms with E-state index in [0.717, 1.165) is 44.9 Å². The Hall–Kier alpha value is -1.26. The van der Waals surface area contributed by atoms with Crippen molar-refractivity contribution < 1.29 is 85.9 Å². The zero-order valence-corrected chi connectivity index (χ0v) is 32.3. The second-order valence-electron chi connectivity index (χ2n) is 12.5. The van der Waals surface area contributed by atoms with Crippen LogP contribution in [0.3, 0.4) is 0 Å². The van der Waals surface area contributed by atoms with Crippen LogP contribution in [0.15, 0.2) is 0 Å². The molecule has 7 unspecified atom stereocenters. The van der Waals surface area contributed by atoms with Crippen LogP contribution in [-0.4, -0.2) is 123 Å². The number of aliphatic carboxylic acids is 3. The molecule has 0 amide bonds. The lowest BCUT2D eigenvalue weighted by atomic mass is 9.84. The van der Waals surface area contributed by atoms with E-state index in [0.29, 0.717) is 32.1 Å². The molecule has 1 saturated carbocycles. The molecule has 0 aromatic carbocycles. The third kappa shape index (κ3) is 19.6. The smallest absolute Gasteiger partial charge is 0.339 e. The predicted octanol–water partition coefficient (Wildman–Crippen LogP) is 4.86. The highest BCUT2D eigenvalue weighted by molar-refractivity contribution is 7.54. The molecule has 1 rings (SSSR count). The molecule has 0 aromatic heterocycles. The first-order valence-corrected chi connectivity index (χ1v) is 22.7. The van der Waals surface area contributed by atoms with Crippen molar-refractivity contribution in [2.24, 2.45) is 0 Å². The Labute approximate surface area is 299 Å². The van der Waals surface area contributed by atoms with Crippen molar-refractivity contribution in [1.29, 1.82) is 0 Å². The molecule has 0 spiro atoms. The highest BCUT2D eigenvalue weighted by Crippen LogP contribution is 2.54. The molecule has 51 heavy (non-hydrogen) atoms. The van der Waals surface area contributed by atoms with Crippen LogP contribution >= 0.6 is 22.8 Å². The Kier molecular flexibility index (Phi) is 22.7. The number of unbranched alkanes of at least 4 members (excludes halogenated alkanes) is 9. The van der Waals surface area contributed by atoms with E-state index >= 15 is 0 Å². The molecule has 300 valence electrons. The Morgan fingerprint density at radius 3 is 0.902 bits per heavy atom. The monoisotopic (exact) mass is 798 g/mol. The topological polar surface area (TPSA) is 279 Å². The quantitative estimate of drug-likeness (QED) is 0.0418. The number of carboxylic acid groups (broad SMARTS) is 3. The molecular formula is C30H57O18P3. The summed E-state index contributed by atoms with van der Waals surface area (Å²) in [6, 6.07) is 0. The van der Waals surface area contributed by atoms with Gasteiger partial charge >= 0.3 is 40.7 Å². The summed E-state index contributed by atoms with van der Waals surface area (Å²) >= 11 is 0. The van der Waals surface area contributed by atoms with Gasteiger partial charge < -0.3 is 44.2 Å². The van der Waals surface area contributed by atoms with Gasteiger partial charge in [-0.3, -0.25) is 41.6 Å². The lowest BCUT2D eigenvalue weighted by molar-refractivity contribution is -0.245. The van der Waals surface area contributed by atoms with E-state index in [1.165, 1.54) is 0 Å². The molecule has 0 radical (unpaired) electrons. The minimum absolute atomic E-state index is 0.0280. The number of carbonyl (C=O) groups is 3. The summed E-state index contributed by atoms with van der Waals surface area (Å²) in [5.74, 6) is -5.29. The number of hydrogen-bond donors (Lipinski definition) is 6. The van der Waals surface area contributed by atoms with Crippen LogP contribution in [0, 0.1) is 0 Å². The molecule has 1 fully saturated rings. The molecule has 0 saturated heterocycles. The van der Waals surface area contributed by atoms with Crippen LogP contribution in [0.25, 0.3) is 0 Å². The number of hydrogen-bond acceptors (Lipinski definition) is 12. The summed E-state index contributed by atoms with van der Waals surface area (Å²) in [5.41, 5.74) is 0. The van der Waals surface area contributed by atoms with Crippen molar-refractivity contribution in [2.75, 3.05) is 38.3 Å². The van der Waals surface area contributed by atoms with E-state index in [1.807, 2.05) is 20.8 Å². The van der Waals surface area contributed by atoms with Crippen LogP contribution in [-0.2, 0) is 55.9 Å². The lowest BCUT2D eigenvalue weighted by Gasteiger charge is -2.50. The minimum atomic E-state index is -5.25. The number of rotatable bonds is 30. The van der Waals surface area contributed by atoms with Crippen LogP contribution in [0.2, 0.25) is 0 Å². The first-order chi connectivity index (χ1) is 23.9. The van der Waals surface area contributed by atoms with Gasteiger partial charge in [-0.25, -0.2) is 0 Å². The van der Waals surface area contributed by atoms with Crippen molar-refractivity contribution in [2.45, 2.75) is 134 Å². The molecule has 1 aliphatic rings. The third-order valence-electron chi connectivity index (χ3n) is 7.73. The molecule has 6 N–H and O–H groups in total. The molecule has 0 bridgehead atoms. The summed E-state index contributed by atoms with van der Waals surface area (Å²) in [6.07, 6.45) is -6.52. The first kappa shape index (κ1) is 47.8. The van der Waals surface area contributed by atoms with Gasteiger partial charge in [0.05, 0.1) is 0 Å². The van der Waals surface area contributed by atoms with Gasteiger partial charge in [-0.05, 0) is 19.3 Å². The van der Waals surface area contributed by atoms with Gasteiger partial charge in [0, 0.05) is 19.8 Å². The van der Waals surface area contributed by atoms with Crippen LogP contribution in [0.1, 0.15) is 97.8 Å². The summed E-state index contributed by atoms with van der Waals surface area (Å²) in [5, 5.41) is 28.0. The van der Waals surface area contributed by atoms with E-state index in [2.05, 4.69) is 0 Å². The molecule has 7 atom stereocenters.